The molecule has 0 aliphatic carbocycles. The van der Waals surface area contributed by atoms with Gasteiger partial charge in [0.15, 0.2) is 11.5 Å². The molecule has 1 amide bonds. The van der Waals surface area contributed by atoms with Gasteiger partial charge in [-0.1, -0.05) is 6.07 Å². The normalized spacial score (nSPS) is 10.6. The zero-order valence-electron chi connectivity index (χ0n) is 15.2. The summed E-state index contributed by atoms with van der Waals surface area (Å²) >= 11 is 0. The first kappa shape index (κ1) is 18.4. The molecular formula is C20H23NO4. The van der Waals surface area contributed by atoms with Gasteiger partial charge in [-0.2, -0.15) is 0 Å². The summed E-state index contributed by atoms with van der Waals surface area (Å²) in [4.78, 5) is 12.1. The molecule has 2 rings (SSSR count). The van der Waals surface area contributed by atoms with E-state index in [1.807, 2.05) is 32.0 Å². The monoisotopic (exact) mass is 341 g/mol. The molecule has 0 radical (unpaired) electrons. The molecule has 0 heterocycles. The van der Waals surface area contributed by atoms with Crippen molar-refractivity contribution in [2.24, 2.45) is 0 Å². The lowest BCUT2D eigenvalue weighted by atomic mass is 10.1. The summed E-state index contributed by atoms with van der Waals surface area (Å²) < 4.78 is 15.9. The van der Waals surface area contributed by atoms with E-state index in [4.69, 9.17) is 14.2 Å². The van der Waals surface area contributed by atoms with Crippen LogP contribution in [0, 0.1) is 13.8 Å². The number of benzene rings is 2. The number of methoxy groups -OCH3 is 3. The van der Waals surface area contributed by atoms with E-state index in [1.54, 1.807) is 39.5 Å². The Kier molecular flexibility index (Phi) is 6.06. The number of aryl methyl sites for hydroxylation is 2. The molecule has 0 fully saturated rings. The van der Waals surface area contributed by atoms with Gasteiger partial charge in [0.1, 0.15) is 0 Å². The molecule has 2 aromatic rings. The molecule has 0 aliphatic heterocycles. The van der Waals surface area contributed by atoms with Gasteiger partial charge in [-0.05, 0) is 60.9 Å². The number of carbonyl (C=O) groups is 1. The predicted octanol–water partition coefficient (Wildman–Crippen LogP) is 3.98. The fourth-order valence-electron chi connectivity index (χ4n) is 2.37. The molecule has 0 saturated heterocycles. The molecule has 0 unspecified atom stereocenters. The van der Waals surface area contributed by atoms with Gasteiger partial charge in [-0.3, -0.25) is 4.79 Å². The maximum atomic E-state index is 12.1. The third kappa shape index (κ3) is 4.53. The Labute approximate surface area is 148 Å². The van der Waals surface area contributed by atoms with Gasteiger partial charge in [0.2, 0.25) is 11.7 Å². The highest BCUT2D eigenvalue weighted by molar-refractivity contribution is 6.02. The minimum absolute atomic E-state index is 0.211. The first-order valence-corrected chi connectivity index (χ1v) is 7.84. The number of hydrogen-bond acceptors (Lipinski definition) is 4. The maximum Gasteiger partial charge on any atom is 0.248 e. The Balaban J connectivity index is 2.17. The number of hydrogen-bond donors (Lipinski definition) is 1. The first-order chi connectivity index (χ1) is 12.0. The first-order valence-electron chi connectivity index (χ1n) is 7.84. The van der Waals surface area contributed by atoms with Crippen molar-refractivity contribution in [3.05, 3.63) is 53.1 Å². The average molecular weight is 341 g/mol. The van der Waals surface area contributed by atoms with Crippen molar-refractivity contribution in [2.45, 2.75) is 13.8 Å². The second-order valence-corrected chi connectivity index (χ2v) is 5.58. The Bertz CT molecular complexity index is 771. The highest BCUT2D eigenvalue weighted by Gasteiger charge is 2.12. The van der Waals surface area contributed by atoms with Crippen LogP contribution in [0.1, 0.15) is 16.7 Å². The smallest absolute Gasteiger partial charge is 0.248 e. The molecule has 5 heteroatoms. The maximum absolute atomic E-state index is 12.1. The Morgan fingerprint density at radius 1 is 0.920 bits per heavy atom. The fraction of sp³-hybridized carbons (Fsp3) is 0.250. The number of amides is 1. The van der Waals surface area contributed by atoms with Crippen molar-refractivity contribution >= 4 is 17.7 Å². The van der Waals surface area contributed by atoms with E-state index in [-0.39, 0.29) is 5.91 Å². The molecule has 0 bridgehead atoms. The van der Waals surface area contributed by atoms with Crippen LogP contribution in [-0.4, -0.2) is 27.2 Å². The Hall–Kier alpha value is -2.95. The van der Waals surface area contributed by atoms with Crippen LogP contribution in [0.5, 0.6) is 17.2 Å². The van der Waals surface area contributed by atoms with Gasteiger partial charge < -0.3 is 19.5 Å². The van der Waals surface area contributed by atoms with Crippen molar-refractivity contribution in [1.29, 1.82) is 0 Å². The predicted molar refractivity (Wildman–Crippen MR) is 99.7 cm³/mol. The Morgan fingerprint density at radius 3 is 2.08 bits per heavy atom. The second kappa shape index (κ2) is 8.24. The van der Waals surface area contributed by atoms with Gasteiger partial charge in [-0.15, -0.1) is 0 Å². The summed E-state index contributed by atoms with van der Waals surface area (Å²) in [7, 11) is 4.65. The molecule has 0 atom stereocenters. The Morgan fingerprint density at radius 2 is 1.56 bits per heavy atom. The largest absolute Gasteiger partial charge is 0.493 e. The van der Waals surface area contributed by atoms with Crippen LogP contribution in [0.2, 0.25) is 0 Å². The highest BCUT2D eigenvalue weighted by Crippen LogP contribution is 2.38. The quantitative estimate of drug-likeness (QED) is 0.808. The van der Waals surface area contributed by atoms with E-state index < -0.39 is 0 Å². The van der Waals surface area contributed by atoms with Gasteiger partial charge in [0, 0.05) is 11.8 Å². The third-order valence-electron chi connectivity index (χ3n) is 3.89. The van der Waals surface area contributed by atoms with Crippen LogP contribution in [0.15, 0.2) is 36.4 Å². The standard InChI is InChI=1S/C20H23NO4/c1-13-6-8-16(10-14(13)2)21-19(22)9-7-15-11-17(23-3)20(25-5)18(12-15)24-4/h6-12H,1-5H3,(H,21,22)/b9-7+. The van der Waals surface area contributed by atoms with Crippen molar-refractivity contribution in [1.82, 2.24) is 0 Å². The molecule has 0 aliphatic rings. The molecule has 5 nitrogen and oxygen atoms in total. The fourth-order valence-corrected chi connectivity index (χ4v) is 2.37. The number of ether oxygens (including phenoxy) is 3. The van der Waals surface area contributed by atoms with Crippen LogP contribution in [0.3, 0.4) is 0 Å². The minimum atomic E-state index is -0.211. The molecule has 0 spiro atoms. The summed E-state index contributed by atoms with van der Waals surface area (Å²) in [5.41, 5.74) is 3.85. The third-order valence-corrected chi connectivity index (χ3v) is 3.89. The lowest BCUT2D eigenvalue weighted by molar-refractivity contribution is -0.111. The lowest BCUT2D eigenvalue weighted by Crippen LogP contribution is -2.08. The number of rotatable bonds is 6. The lowest BCUT2D eigenvalue weighted by Gasteiger charge is -2.12. The number of nitrogens with one attached hydrogen (secondary N) is 1. The van der Waals surface area contributed by atoms with Gasteiger partial charge in [-0.25, -0.2) is 0 Å². The molecule has 25 heavy (non-hydrogen) atoms. The van der Waals surface area contributed by atoms with Crippen molar-refractivity contribution < 1.29 is 19.0 Å². The van der Waals surface area contributed by atoms with E-state index in [2.05, 4.69) is 5.32 Å². The highest BCUT2D eigenvalue weighted by atomic mass is 16.5. The van der Waals surface area contributed by atoms with E-state index in [0.29, 0.717) is 17.2 Å². The number of carbonyl (C=O) groups excluding carboxylic acids is 1. The van der Waals surface area contributed by atoms with E-state index in [0.717, 1.165) is 16.8 Å². The summed E-state index contributed by atoms with van der Waals surface area (Å²) in [5.74, 6) is 1.38. The van der Waals surface area contributed by atoms with Gasteiger partial charge >= 0.3 is 0 Å². The average Bonchev–Trinajstić information content (AvgIpc) is 2.62. The molecule has 0 saturated carbocycles. The van der Waals surface area contributed by atoms with Crippen LogP contribution < -0.4 is 19.5 Å². The molecule has 0 aromatic heterocycles. The molecule has 1 N–H and O–H groups in total. The van der Waals surface area contributed by atoms with Gasteiger partial charge in [0.25, 0.3) is 0 Å². The molecule has 132 valence electrons. The summed E-state index contributed by atoms with van der Waals surface area (Å²) in [6, 6.07) is 9.37. The minimum Gasteiger partial charge on any atom is -0.493 e. The number of anilines is 1. The second-order valence-electron chi connectivity index (χ2n) is 5.58. The van der Waals surface area contributed by atoms with E-state index in [9.17, 15) is 4.79 Å². The van der Waals surface area contributed by atoms with E-state index >= 15 is 0 Å². The molecule has 2 aromatic carbocycles. The van der Waals surface area contributed by atoms with Crippen LogP contribution in [0.25, 0.3) is 6.08 Å². The van der Waals surface area contributed by atoms with Crippen LogP contribution in [-0.2, 0) is 4.79 Å². The molecular weight excluding hydrogens is 318 g/mol. The summed E-state index contributed by atoms with van der Waals surface area (Å²) in [6.07, 6.45) is 3.16. The summed E-state index contributed by atoms with van der Waals surface area (Å²) in [6.45, 7) is 4.04. The van der Waals surface area contributed by atoms with Crippen molar-refractivity contribution in [3.8, 4) is 17.2 Å². The summed E-state index contributed by atoms with van der Waals surface area (Å²) in [5, 5.41) is 2.85. The topological polar surface area (TPSA) is 56.8 Å². The van der Waals surface area contributed by atoms with Crippen LogP contribution >= 0.6 is 0 Å². The zero-order chi connectivity index (χ0) is 18.4. The van der Waals surface area contributed by atoms with Crippen LogP contribution in [0.4, 0.5) is 5.69 Å². The van der Waals surface area contributed by atoms with Crippen molar-refractivity contribution in [2.75, 3.05) is 26.6 Å². The SMILES string of the molecule is COc1cc(/C=C/C(=O)Nc2ccc(C)c(C)c2)cc(OC)c1OC. The van der Waals surface area contributed by atoms with E-state index in [1.165, 1.54) is 11.6 Å². The zero-order valence-corrected chi connectivity index (χ0v) is 15.2. The van der Waals surface area contributed by atoms with Crippen molar-refractivity contribution in [3.63, 3.8) is 0 Å². The van der Waals surface area contributed by atoms with Gasteiger partial charge in [0.05, 0.1) is 21.3 Å².